The van der Waals surface area contributed by atoms with Crippen LogP contribution in [0.15, 0.2) is 59.5 Å². The van der Waals surface area contributed by atoms with Crippen LogP contribution in [0.25, 0.3) is 32.6 Å². The van der Waals surface area contributed by atoms with Crippen LogP contribution >= 0.6 is 27.5 Å². The highest BCUT2D eigenvalue weighted by Gasteiger charge is 2.23. The molecule has 160 valence electrons. The molecule has 1 fully saturated rings. The van der Waals surface area contributed by atoms with Gasteiger partial charge in [0.25, 0.3) is 0 Å². The van der Waals surface area contributed by atoms with Crippen molar-refractivity contribution in [2.24, 2.45) is 0 Å². The van der Waals surface area contributed by atoms with Crippen molar-refractivity contribution in [3.05, 3.63) is 70.0 Å². The minimum absolute atomic E-state index is 0.753. The molecule has 32 heavy (non-hydrogen) atoms. The molecule has 0 atom stereocenters. The Morgan fingerprint density at radius 2 is 1.50 bits per heavy atom. The molecule has 0 bridgehead atoms. The second-order valence-electron chi connectivity index (χ2n) is 8.08. The van der Waals surface area contributed by atoms with Crippen LogP contribution in [-0.2, 0) is 6.54 Å². The number of nitrogens with one attached hydrogen (secondary N) is 1. The molecule has 8 heteroatoms. The molecule has 0 unspecified atom stereocenters. The average Bonchev–Trinajstić information content (AvgIpc) is 3.23. The molecule has 3 aromatic carbocycles. The van der Waals surface area contributed by atoms with Crippen molar-refractivity contribution in [3.63, 3.8) is 0 Å². The maximum atomic E-state index is 6.78. The first-order valence-corrected chi connectivity index (χ1v) is 11.8. The van der Waals surface area contributed by atoms with Gasteiger partial charge in [-0.3, -0.25) is 10.00 Å². The third-order valence-electron chi connectivity index (χ3n) is 6.32. The molecule has 0 aliphatic carbocycles. The zero-order valence-corrected chi connectivity index (χ0v) is 19.6. The number of H-pyrrole nitrogens is 1. The Morgan fingerprint density at radius 3 is 2.16 bits per heavy atom. The van der Waals surface area contributed by atoms with Crippen LogP contribution in [0.2, 0.25) is 5.02 Å². The van der Waals surface area contributed by atoms with Gasteiger partial charge in [-0.25, -0.2) is 9.97 Å². The van der Waals surface area contributed by atoms with Gasteiger partial charge in [0.05, 0.1) is 10.4 Å². The maximum Gasteiger partial charge on any atom is 0.161 e. The van der Waals surface area contributed by atoms with Crippen LogP contribution in [-0.4, -0.2) is 51.2 Å². The number of halogens is 2. The predicted octanol–water partition coefficient (Wildman–Crippen LogP) is 5.40. The fraction of sp³-hybridized carbons (Fsp3) is 0.208. The standard InChI is InChI=1S/C24H20BrClN6/c25-22-20-23(30-29-22)27-14-28-24(20)32-11-9-31(10-12-32)13-19-15-5-1-3-7-17(15)21(26)18-8-4-2-6-16(18)19/h1-8,14H,9-13H2,(H,27,28,29,30). The Hall–Kier alpha value is -2.74. The fourth-order valence-electron chi connectivity index (χ4n) is 4.73. The van der Waals surface area contributed by atoms with Gasteiger partial charge in [-0.2, -0.15) is 5.10 Å². The summed E-state index contributed by atoms with van der Waals surface area (Å²) < 4.78 is 0.754. The Balaban J connectivity index is 1.31. The summed E-state index contributed by atoms with van der Waals surface area (Å²) in [5.41, 5.74) is 2.10. The minimum atomic E-state index is 0.753. The Morgan fingerprint density at radius 1 is 0.875 bits per heavy atom. The van der Waals surface area contributed by atoms with E-state index in [0.29, 0.717) is 0 Å². The number of anilines is 1. The lowest BCUT2D eigenvalue weighted by Gasteiger charge is -2.36. The lowest BCUT2D eigenvalue weighted by atomic mass is 9.96. The summed E-state index contributed by atoms with van der Waals surface area (Å²) in [7, 11) is 0. The number of fused-ring (bicyclic) bond motifs is 3. The van der Waals surface area contributed by atoms with Crippen LogP contribution in [0.5, 0.6) is 0 Å². The molecule has 5 aromatic rings. The lowest BCUT2D eigenvalue weighted by molar-refractivity contribution is 0.251. The van der Waals surface area contributed by atoms with Gasteiger partial charge >= 0.3 is 0 Å². The molecule has 2 aromatic heterocycles. The molecule has 1 N–H and O–H groups in total. The molecule has 0 radical (unpaired) electrons. The molecule has 1 aliphatic rings. The van der Waals surface area contributed by atoms with Gasteiger partial charge in [-0.15, -0.1) is 0 Å². The van der Waals surface area contributed by atoms with Gasteiger partial charge in [-0.05, 0) is 32.3 Å². The van der Waals surface area contributed by atoms with E-state index in [-0.39, 0.29) is 0 Å². The van der Waals surface area contributed by atoms with Crippen molar-refractivity contribution in [2.75, 3.05) is 31.1 Å². The van der Waals surface area contributed by atoms with E-state index in [1.54, 1.807) is 6.33 Å². The largest absolute Gasteiger partial charge is 0.353 e. The Bertz CT molecular complexity index is 1400. The highest BCUT2D eigenvalue weighted by Crippen LogP contribution is 2.37. The van der Waals surface area contributed by atoms with Gasteiger partial charge in [-0.1, -0.05) is 60.1 Å². The van der Waals surface area contributed by atoms with Crippen LogP contribution in [0.4, 0.5) is 5.82 Å². The van der Waals surface area contributed by atoms with Gasteiger partial charge in [0.1, 0.15) is 16.7 Å². The summed E-state index contributed by atoms with van der Waals surface area (Å²) >= 11 is 10.3. The monoisotopic (exact) mass is 506 g/mol. The van der Waals surface area contributed by atoms with E-state index in [9.17, 15) is 0 Å². The van der Waals surface area contributed by atoms with Crippen molar-refractivity contribution >= 4 is 65.9 Å². The zero-order chi connectivity index (χ0) is 21.7. The summed E-state index contributed by atoms with van der Waals surface area (Å²) in [5.74, 6) is 0.928. The molecule has 1 saturated heterocycles. The number of hydrogen-bond donors (Lipinski definition) is 1. The first kappa shape index (κ1) is 19.9. The maximum absolute atomic E-state index is 6.78. The van der Waals surface area contributed by atoms with Crippen LogP contribution in [0, 0.1) is 0 Å². The fourth-order valence-corrected chi connectivity index (χ4v) is 5.51. The van der Waals surface area contributed by atoms with E-state index in [2.05, 4.69) is 94.4 Å². The van der Waals surface area contributed by atoms with E-state index in [1.165, 1.54) is 16.3 Å². The van der Waals surface area contributed by atoms with E-state index in [4.69, 9.17) is 11.6 Å². The third kappa shape index (κ3) is 3.23. The number of rotatable bonds is 3. The van der Waals surface area contributed by atoms with Crippen molar-refractivity contribution < 1.29 is 0 Å². The number of aromatic nitrogens is 4. The lowest BCUT2D eigenvalue weighted by Crippen LogP contribution is -2.46. The number of nitrogens with zero attached hydrogens (tertiary/aromatic N) is 5. The SMILES string of the molecule is Clc1c2ccccc2c(CN2CCN(c3ncnc4[nH]nc(Br)c34)CC2)c2ccccc12. The van der Waals surface area contributed by atoms with E-state index >= 15 is 0 Å². The van der Waals surface area contributed by atoms with Crippen LogP contribution in [0.1, 0.15) is 5.56 Å². The highest BCUT2D eigenvalue weighted by atomic mass is 79.9. The second-order valence-corrected chi connectivity index (χ2v) is 9.21. The van der Waals surface area contributed by atoms with Crippen molar-refractivity contribution in [1.82, 2.24) is 25.1 Å². The van der Waals surface area contributed by atoms with Gasteiger partial charge in [0.15, 0.2) is 5.65 Å². The number of piperazine rings is 1. The molecule has 1 aliphatic heterocycles. The summed E-state index contributed by atoms with van der Waals surface area (Å²) in [6.07, 6.45) is 1.60. The van der Waals surface area contributed by atoms with Gasteiger partial charge in [0.2, 0.25) is 0 Å². The molecule has 6 rings (SSSR count). The first-order chi connectivity index (χ1) is 15.7. The van der Waals surface area contributed by atoms with E-state index < -0.39 is 0 Å². The van der Waals surface area contributed by atoms with Crippen molar-refractivity contribution in [3.8, 4) is 0 Å². The minimum Gasteiger partial charge on any atom is -0.353 e. The number of aromatic amines is 1. The summed E-state index contributed by atoms with van der Waals surface area (Å²) in [4.78, 5) is 13.7. The van der Waals surface area contributed by atoms with Gasteiger partial charge < -0.3 is 4.90 Å². The Labute approximate surface area is 198 Å². The average molecular weight is 508 g/mol. The van der Waals surface area contributed by atoms with Gasteiger partial charge in [0, 0.05) is 43.5 Å². The summed E-state index contributed by atoms with van der Waals surface area (Å²) in [6, 6.07) is 16.9. The second kappa shape index (κ2) is 7.99. The molecule has 0 spiro atoms. The molecule has 0 amide bonds. The Kier molecular flexibility index (Phi) is 4.97. The normalized spacial score (nSPS) is 15.2. The number of hydrogen-bond acceptors (Lipinski definition) is 5. The zero-order valence-electron chi connectivity index (χ0n) is 17.2. The van der Waals surface area contributed by atoms with Crippen molar-refractivity contribution in [2.45, 2.75) is 6.54 Å². The molecule has 0 saturated carbocycles. The molecular formula is C24H20BrClN6. The quantitative estimate of drug-likeness (QED) is 0.332. The summed E-state index contributed by atoms with van der Waals surface area (Å²) in [6.45, 7) is 4.58. The number of benzene rings is 3. The molecule has 3 heterocycles. The summed E-state index contributed by atoms with van der Waals surface area (Å²) in [5, 5.41) is 13.7. The van der Waals surface area contributed by atoms with Crippen LogP contribution < -0.4 is 4.90 Å². The molecular weight excluding hydrogens is 488 g/mol. The van der Waals surface area contributed by atoms with E-state index in [0.717, 1.165) is 70.0 Å². The smallest absolute Gasteiger partial charge is 0.161 e. The van der Waals surface area contributed by atoms with E-state index in [1.807, 2.05) is 0 Å². The topological polar surface area (TPSA) is 60.9 Å². The predicted molar refractivity (Wildman–Crippen MR) is 133 cm³/mol. The van der Waals surface area contributed by atoms with Crippen molar-refractivity contribution in [1.29, 1.82) is 0 Å². The third-order valence-corrected chi connectivity index (χ3v) is 7.31. The first-order valence-electron chi connectivity index (χ1n) is 10.6. The highest BCUT2D eigenvalue weighted by molar-refractivity contribution is 9.10. The van der Waals surface area contributed by atoms with Crippen LogP contribution in [0.3, 0.4) is 0 Å². The molecule has 6 nitrogen and oxygen atoms in total.